The fraction of sp³-hybridized carbons (Fsp3) is 0.125. The summed E-state index contributed by atoms with van der Waals surface area (Å²) in [6, 6.07) is 4.36. The molecule has 1 aromatic heterocycles. The maximum Gasteiger partial charge on any atom is 0.411 e. The second kappa shape index (κ2) is 6.83. The molecule has 2 heterocycles. The Labute approximate surface area is 156 Å². The van der Waals surface area contributed by atoms with Crippen LogP contribution in [0, 0.1) is 10.1 Å². The maximum atomic E-state index is 12.5. The maximum absolute atomic E-state index is 12.5. The van der Waals surface area contributed by atoms with Crippen molar-refractivity contribution in [2.75, 3.05) is 17.7 Å². The van der Waals surface area contributed by atoms with Crippen LogP contribution in [0.5, 0.6) is 0 Å². The van der Waals surface area contributed by atoms with Crippen LogP contribution in [0.25, 0.3) is 5.69 Å². The minimum atomic E-state index is -0.838. The number of fused-ring (bicyclic) bond motifs is 1. The standard InChI is InChI=1S/C16H13N5O7/c1-2-28-16(25)18-7-3-4-9(10(5-7)21(26)27)20-11(22)6-8-12(13(20)17)15(24)19-14(8)23/h3-6H,2,17H2,1H3,(H,18,25)(H,19,23,24). The molecule has 3 rings (SSSR count). The van der Waals surface area contributed by atoms with Crippen LogP contribution in [0.4, 0.5) is 22.0 Å². The Bertz CT molecular complexity index is 1110. The molecule has 0 fully saturated rings. The Morgan fingerprint density at radius 1 is 1.29 bits per heavy atom. The van der Waals surface area contributed by atoms with Gasteiger partial charge in [-0.05, 0) is 19.1 Å². The lowest BCUT2D eigenvalue weighted by Crippen LogP contribution is -2.24. The van der Waals surface area contributed by atoms with E-state index in [0.29, 0.717) is 0 Å². The number of anilines is 2. The molecule has 3 amide bonds. The Morgan fingerprint density at radius 3 is 2.64 bits per heavy atom. The molecule has 0 spiro atoms. The number of nitro groups is 1. The van der Waals surface area contributed by atoms with E-state index >= 15 is 0 Å². The molecule has 0 saturated heterocycles. The Hall–Kier alpha value is -4.22. The Morgan fingerprint density at radius 2 is 2.00 bits per heavy atom. The van der Waals surface area contributed by atoms with Gasteiger partial charge in [0.15, 0.2) is 0 Å². The van der Waals surface area contributed by atoms with Crippen molar-refractivity contribution >= 4 is 35.1 Å². The number of nitrogen functional groups attached to an aromatic ring is 1. The highest BCUT2D eigenvalue weighted by Crippen LogP contribution is 2.30. The van der Waals surface area contributed by atoms with E-state index in [4.69, 9.17) is 10.5 Å². The number of nitrogens with zero attached hydrogens (tertiary/aromatic N) is 2. The number of carbonyl (C=O) groups is 3. The van der Waals surface area contributed by atoms with E-state index in [1.165, 1.54) is 12.1 Å². The molecule has 1 aromatic carbocycles. The fourth-order valence-electron chi connectivity index (χ4n) is 2.75. The molecule has 0 radical (unpaired) electrons. The van der Waals surface area contributed by atoms with E-state index in [9.17, 15) is 29.3 Å². The molecule has 0 atom stereocenters. The van der Waals surface area contributed by atoms with Gasteiger partial charge < -0.3 is 10.5 Å². The highest BCUT2D eigenvalue weighted by Gasteiger charge is 2.33. The van der Waals surface area contributed by atoms with E-state index < -0.39 is 39.9 Å². The molecule has 12 heteroatoms. The van der Waals surface area contributed by atoms with Crippen LogP contribution in [-0.4, -0.2) is 34.0 Å². The van der Waals surface area contributed by atoms with Crippen LogP contribution < -0.4 is 21.9 Å². The van der Waals surface area contributed by atoms with Gasteiger partial charge in [-0.3, -0.25) is 39.7 Å². The normalized spacial score (nSPS) is 12.3. The summed E-state index contributed by atoms with van der Waals surface area (Å²) >= 11 is 0. The lowest BCUT2D eigenvalue weighted by Gasteiger charge is -2.13. The first kappa shape index (κ1) is 18.6. The number of benzene rings is 1. The third-order valence-electron chi connectivity index (χ3n) is 3.89. The number of nitrogens with one attached hydrogen (secondary N) is 2. The van der Waals surface area contributed by atoms with Gasteiger partial charge in [0.1, 0.15) is 11.5 Å². The minimum Gasteiger partial charge on any atom is -0.450 e. The van der Waals surface area contributed by atoms with Crippen molar-refractivity contribution in [1.29, 1.82) is 0 Å². The summed E-state index contributed by atoms with van der Waals surface area (Å²) < 4.78 is 5.45. The number of nitrogens with two attached hydrogens (primary N) is 1. The van der Waals surface area contributed by atoms with Crippen LogP contribution in [0.1, 0.15) is 27.6 Å². The van der Waals surface area contributed by atoms with Gasteiger partial charge >= 0.3 is 6.09 Å². The quantitative estimate of drug-likeness (QED) is 0.391. The summed E-state index contributed by atoms with van der Waals surface area (Å²) in [5.74, 6) is -2.01. The van der Waals surface area contributed by atoms with Gasteiger partial charge in [0, 0.05) is 12.1 Å². The van der Waals surface area contributed by atoms with Crippen molar-refractivity contribution in [2.24, 2.45) is 0 Å². The molecule has 0 saturated carbocycles. The van der Waals surface area contributed by atoms with Crippen molar-refractivity contribution in [3.05, 3.63) is 55.9 Å². The zero-order valence-electron chi connectivity index (χ0n) is 14.3. The SMILES string of the molecule is CCOC(=O)Nc1ccc(-n2c(N)c3c(cc2=O)C(=O)NC3=O)c([N+](=O)[O-])c1. The molecule has 1 aliphatic rings. The van der Waals surface area contributed by atoms with E-state index in [1.54, 1.807) is 6.92 Å². The number of hydrogen-bond acceptors (Lipinski definition) is 8. The van der Waals surface area contributed by atoms with Crippen molar-refractivity contribution in [1.82, 2.24) is 9.88 Å². The number of hydrogen-bond donors (Lipinski definition) is 3. The summed E-state index contributed by atoms with van der Waals surface area (Å²) in [6.07, 6.45) is -0.811. The molecule has 2 aromatic rings. The smallest absolute Gasteiger partial charge is 0.411 e. The predicted octanol–water partition coefficient (Wildman–Crippen LogP) is 0.780. The van der Waals surface area contributed by atoms with Gasteiger partial charge in [-0.25, -0.2) is 4.79 Å². The molecular formula is C16H13N5O7. The fourth-order valence-corrected chi connectivity index (χ4v) is 2.75. The lowest BCUT2D eigenvalue weighted by atomic mass is 10.1. The van der Waals surface area contributed by atoms with Crippen molar-refractivity contribution in [3.8, 4) is 5.69 Å². The van der Waals surface area contributed by atoms with Gasteiger partial charge in [-0.2, -0.15) is 0 Å². The molecule has 144 valence electrons. The number of pyridine rings is 1. The zero-order chi connectivity index (χ0) is 20.6. The average molecular weight is 387 g/mol. The number of carbonyl (C=O) groups excluding carboxylic acids is 3. The highest BCUT2D eigenvalue weighted by molar-refractivity contribution is 6.23. The highest BCUT2D eigenvalue weighted by atomic mass is 16.6. The van der Waals surface area contributed by atoms with Gasteiger partial charge in [-0.1, -0.05) is 0 Å². The summed E-state index contributed by atoms with van der Waals surface area (Å²) in [6.45, 7) is 1.70. The van der Waals surface area contributed by atoms with Crippen LogP contribution in [0.3, 0.4) is 0 Å². The first-order valence-corrected chi connectivity index (χ1v) is 7.88. The average Bonchev–Trinajstić information content (AvgIpc) is 2.89. The molecular weight excluding hydrogens is 374 g/mol. The monoisotopic (exact) mass is 387 g/mol. The summed E-state index contributed by atoms with van der Waals surface area (Å²) in [5.41, 5.74) is 3.85. The number of nitro benzene ring substituents is 1. The molecule has 12 nitrogen and oxygen atoms in total. The van der Waals surface area contributed by atoms with Crippen LogP contribution in [0.2, 0.25) is 0 Å². The number of imide groups is 1. The van der Waals surface area contributed by atoms with Gasteiger partial charge in [0.2, 0.25) is 0 Å². The first-order valence-electron chi connectivity index (χ1n) is 7.88. The Kier molecular flexibility index (Phi) is 4.53. The zero-order valence-corrected chi connectivity index (χ0v) is 14.3. The van der Waals surface area contributed by atoms with E-state index in [-0.39, 0.29) is 29.1 Å². The molecule has 4 N–H and O–H groups in total. The topological polar surface area (TPSA) is 176 Å². The largest absolute Gasteiger partial charge is 0.450 e. The lowest BCUT2D eigenvalue weighted by molar-refractivity contribution is -0.384. The van der Waals surface area contributed by atoms with Crippen molar-refractivity contribution in [3.63, 3.8) is 0 Å². The molecule has 28 heavy (non-hydrogen) atoms. The second-order valence-corrected chi connectivity index (χ2v) is 5.58. The molecule has 0 aliphatic carbocycles. The summed E-state index contributed by atoms with van der Waals surface area (Å²) in [4.78, 5) is 58.3. The van der Waals surface area contributed by atoms with Crippen molar-refractivity contribution in [2.45, 2.75) is 6.92 Å². The third-order valence-corrected chi connectivity index (χ3v) is 3.89. The molecule has 0 bridgehead atoms. The van der Waals surface area contributed by atoms with Gasteiger partial charge in [-0.15, -0.1) is 0 Å². The number of amides is 3. The minimum absolute atomic E-state index is 0.0506. The Balaban J connectivity index is 2.17. The van der Waals surface area contributed by atoms with Crippen LogP contribution in [-0.2, 0) is 4.74 Å². The predicted molar refractivity (Wildman–Crippen MR) is 95.5 cm³/mol. The van der Waals surface area contributed by atoms with E-state index in [1.807, 2.05) is 5.32 Å². The summed E-state index contributed by atoms with van der Waals surface area (Å²) in [5, 5.41) is 15.8. The van der Waals surface area contributed by atoms with Crippen molar-refractivity contribution < 1.29 is 24.0 Å². The number of aromatic nitrogens is 1. The first-order chi connectivity index (χ1) is 13.2. The third kappa shape index (κ3) is 3.02. The molecule has 0 unspecified atom stereocenters. The van der Waals surface area contributed by atoms with E-state index in [2.05, 4.69) is 5.32 Å². The van der Waals surface area contributed by atoms with Gasteiger partial charge in [0.05, 0.1) is 28.3 Å². The number of ether oxygens (including phenoxy) is 1. The second-order valence-electron chi connectivity index (χ2n) is 5.58. The van der Waals surface area contributed by atoms with Crippen LogP contribution >= 0.6 is 0 Å². The van der Waals surface area contributed by atoms with Gasteiger partial charge in [0.25, 0.3) is 23.1 Å². The molecule has 1 aliphatic heterocycles. The van der Waals surface area contributed by atoms with Crippen LogP contribution in [0.15, 0.2) is 29.1 Å². The van der Waals surface area contributed by atoms with E-state index in [0.717, 1.165) is 16.7 Å². The number of rotatable bonds is 4. The summed E-state index contributed by atoms with van der Waals surface area (Å²) in [7, 11) is 0.